The number of nitrogens with two attached hydrogens (primary N) is 1. The number of nitrogens with zero attached hydrogens (tertiary/aromatic N) is 3. The van der Waals surface area contributed by atoms with E-state index in [-0.39, 0.29) is 46.8 Å². The average Bonchev–Trinajstić information content (AvgIpc) is 2.53. The quantitative estimate of drug-likeness (QED) is 0.829. The lowest BCUT2D eigenvalue weighted by Crippen LogP contribution is -1.93. The minimum Gasteiger partial charge on any atom is -0.384 e. The molecule has 2 aromatic rings. The van der Waals surface area contributed by atoms with Crippen LogP contribution in [0, 0.1) is 0 Å². The first-order valence-electron chi connectivity index (χ1n) is 5.79. The fourth-order valence-corrected chi connectivity index (χ4v) is 0.997. The van der Waals surface area contributed by atoms with Gasteiger partial charge in [-0.05, 0) is 28.0 Å². The lowest BCUT2D eigenvalue weighted by atomic mass is 10.4. The van der Waals surface area contributed by atoms with Gasteiger partial charge in [0.15, 0.2) is 0 Å². The molecular formula is C8H7BrN4. The number of halogens is 1. The second-order valence-electron chi connectivity index (χ2n) is 2.16. The van der Waals surface area contributed by atoms with E-state index in [1.165, 1.54) is 0 Å². The first-order valence-corrected chi connectivity index (χ1v) is 4.09. The predicted octanol–water partition coefficient (Wildman–Crippen LogP) is 1.61. The Morgan fingerprint density at radius 2 is 2.31 bits per heavy atom. The minimum absolute atomic E-state index is 0.120. The summed E-state index contributed by atoms with van der Waals surface area (Å²) in [7, 11) is 0. The van der Waals surface area contributed by atoms with E-state index in [2.05, 4.69) is 25.9 Å². The molecule has 2 heterocycles. The summed E-state index contributed by atoms with van der Waals surface area (Å²) in [6, 6.07) is -0.705. The van der Waals surface area contributed by atoms with Gasteiger partial charge >= 0.3 is 0 Å². The fourth-order valence-electron chi connectivity index (χ4n) is 0.740. The molecule has 0 bridgehead atoms. The van der Waals surface area contributed by atoms with Crippen LogP contribution in [0.4, 0.5) is 5.82 Å². The molecule has 0 saturated heterocycles. The predicted molar refractivity (Wildman–Crippen MR) is 53.5 cm³/mol. The van der Waals surface area contributed by atoms with Gasteiger partial charge in [0, 0.05) is 6.17 Å². The van der Waals surface area contributed by atoms with Gasteiger partial charge in [0.2, 0.25) is 0 Å². The Kier molecular flexibility index (Phi) is 1.04. The number of nitrogen functional groups attached to an aromatic ring is 1. The van der Waals surface area contributed by atoms with Crippen molar-refractivity contribution in [1.82, 2.24) is 14.5 Å². The lowest BCUT2D eigenvalue weighted by Gasteiger charge is -1.99. The Hall–Kier alpha value is -1.36. The van der Waals surface area contributed by atoms with Gasteiger partial charge < -0.3 is 10.3 Å². The van der Waals surface area contributed by atoms with Crippen LogP contribution in [-0.4, -0.2) is 14.5 Å². The molecule has 0 radical (unpaired) electrons. The van der Waals surface area contributed by atoms with Crippen LogP contribution in [0.2, 0.25) is 0 Å². The van der Waals surface area contributed by atoms with E-state index in [0.717, 1.165) is 4.57 Å². The SMILES string of the molecule is [2H]c1nc(N)c([2H])c([2H])c1-n1c([2H])nc(Br)c1[2H]. The van der Waals surface area contributed by atoms with Crippen LogP contribution in [0.25, 0.3) is 5.69 Å². The van der Waals surface area contributed by atoms with Gasteiger partial charge in [0.05, 0.1) is 17.3 Å². The topological polar surface area (TPSA) is 56.7 Å². The van der Waals surface area contributed by atoms with Crippen molar-refractivity contribution in [2.24, 2.45) is 0 Å². The van der Waals surface area contributed by atoms with Crippen LogP contribution >= 0.6 is 15.9 Å². The molecule has 0 unspecified atom stereocenters. The maximum absolute atomic E-state index is 7.76. The molecule has 0 spiro atoms. The number of aromatic nitrogens is 3. The number of rotatable bonds is 1. The van der Waals surface area contributed by atoms with Crippen molar-refractivity contribution in [3.05, 3.63) is 35.3 Å². The highest BCUT2D eigenvalue weighted by Crippen LogP contribution is 2.11. The molecule has 2 N–H and O–H groups in total. The van der Waals surface area contributed by atoms with Crippen LogP contribution in [0.15, 0.2) is 35.3 Å². The molecule has 2 rings (SSSR count). The van der Waals surface area contributed by atoms with Crippen molar-refractivity contribution < 1.29 is 6.85 Å². The first kappa shape index (κ1) is 4.23. The van der Waals surface area contributed by atoms with Gasteiger partial charge in [-0.1, -0.05) is 0 Å². The third kappa shape index (κ3) is 1.70. The lowest BCUT2D eigenvalue weighted by molar-refractivity contribution is 1.04. The zero-order chi connectivity index (χ0) is 13.6. The number of imidazole rings is 1. The van der Waals surface area contributed by atoms with Crippen molar-refractivity contribution >= 4 is 21.7 Å². The van der Waals surface area contributed by atoms with Gasteiger partial charge in [0.1, 0.15) is 18.1 Å². The van der Waals surface area contributed by atoms with Crippen LogP contribution in [0.5, 0.6) is 0 Å². The standard InChI is InChI=1S/C8H7BrN4/c9-7-4-13(5-12-7)6-1-2-8(10)11-3-6/h1-5H,(H2,10,11)/i1D,2D,3D,4D,5D. The summed E-state index contributed by atoms with van der Waals surface area (Å²) in [5, 5.41) is 0. The highest BCUT2D eigenvalue weighted by atomic mass is 79.9. The summed E-state index contributed by atoms with van der Waals surface area (Å²) in [4.78, 5) is 7.30. The Labute approximate surface area is 90.6 Å². The molecule has 0 saturated carbocycles. The van der Waals surface area contributed by atoms with Crippen molar-refractivity contribution in [1.29, 1.82) is 0 Å². The molecule has 4 nitrogen and oxygen atoms in total. The average molecular weight is 244 g/mol. The Bertz CT molecular complexity index is 641. The number of hydrogen-bond donors (Lipinski definition) is 1. The summed E-state index contributed by atoms with van der Waals surface area (Å²) in [5.41, 5.74) is 5.23. The van der Waals surface area contributed by atoms with E-state index in [1.54, 1.807) is 0 Å². The van der Waals surface area contributed by atoms with Crippen LogP contribution in [0.3, 0.4) is 0 Å². The van der Waals surface area contributed by atoms with Gasteiger partial charge in [-0.2, -0.15) is 0 Å². The number of hydrogen-bond acceptors (Lipinski definition) is 3. The highest BCUT2D eigenvalue weighted by Gasteiger charge is 1.97. The maximum atomic E-state index is 7.76. The molecule has 0 amide bonds. The molecule has 0 atom stereocenters. The molecule has 5 heteroatoms. The number of anilines is 1. The van der Waals surface area contributed by atoms with E-state index in [1.807, 2.05) is 0 Å². The monoisotopic (exact) mass is 243 g/mol. The van der Waals surface area contributed by atoms with Gasteiger partial charge in [-0.25, -0.2) is 9.97 Å². The maximum Gasteiger partial charge on any atom is 0.124 e. The minimum atomic E-state index is -0.375. The summed E-state index contributed by atoms with van der Waals surface area (Å²) in [5.74, 6) is -0.231. The van der Waals surface area contributed by atoms with E-state index < -0.39 is 0 Å². The van der Waals surface area contributed by atoms with Crippen molar-refractivity contribution in [3.8, 4) is 5.69 Å². The Morgan fingerprint density at radius 1 is 1.46 bits per heavy atom. The molecule has 2 aromatic heterocycles. The molecule has 0 aliphatic heterocycles. The highest BCUT2D eigenvalue weighted by molar-refractivity contribution is 9.10. The normalized spacial score (nSPS) is 15.6. The molecular weight excluding hydrogens is 232 g/mol. The Morgan fingerprint density at radius 3 is 3.00 bits per heavy atom. The second kappa shape index (κ2) is 3.18. The van der Waals surface area contributed by atoms with Gasteiger partial charge in [-0.15, -0.1) is 0 Å². The van der Waals surface area contributed by atoms with Crippen molar-refractivity contribution in [3.63, 3.8) is 0 Å². The summed E-state index contributed by atoms with van der Waals surface area (Å²) in [6.07, 6.45) is -0.881. The molecule has 0 aliphatic rings. The summed E-state index contributed by atoms with van der Waals surface area (Å²) in [6.45, 7) is 0. The smallest absolute Gasteiger partial charge is 0.124 e. The molecule has 13 heavy (non-hydrogen) atoms. The molecule has 0 aliphatic carbocycles. The fraction of sp³-hybridized carbons (Fsp3) is 0. The van der Waals surface area contributed by atoms with Crippen LogP contribution in [0.1, 0.15) is 6.85 Å². The third-order valence-corrected chi connectivity index (χ3v) is 1.62. The van der Waals surface area contributed by atoms with Crippen molar-refractivity contribution in [2.45, 2.75) is 0 Å². The first-order chi connectivity index (χ1) is 8.34. The zero-order valence-electron chi connectivity index (χ0n) is 11.3. The van der Waals surface area contributed by atoms with Gasteiger partial charge in [-0.3, -0.25) is 0 Å². The van der Waals surface area contributed by atoms with Crippen LogP contribution in [-0.2, 0) is 0 Å². The van der Waals surface area contributed by atoms with E-state index in [0.29, 0.717) is 0 Å². The molecule has 0 aromatic carbocycles. The second-order valence-corrected chi connectivity index (χ2v) is 2.91. The molecule has 0 fully saturated rings. The van der Waals surface area contributed by atoms with E-state index in [4.69, 9.17) is 12.6 Å². The van der Waals surface area contributed by atoms with Crippen LogP contribution < -0.4 is 5.73 Å². The van der Waals surface area contributed by atoms with E-state index in [9.17, 15) is 0 Å². The third-order valence-electron chi connectivity index (χ3n) is 1.27. The summed E-state index contributed by atoms with van der Waals surface area (Å²) < 4.78 is 39.4. The number of pyridine rings is 1. The van der Waals surface area contributed by atoms with Crippen molar-refractivity contribution in [2.75, 3.05) is 5.73 Å². The largest absolute Gasteiger partial charge is 0.384 e. The molecule has 66 valence electrons. The van der Waals surface area contributed by atoms with Gasteiger partial charge in [0.25, 0.3) is 0 Å². The Balaban J connectivity index is 2.83. The summed E-state index contributed by atoms with van der Waals surface area (Å²) >= 11 is 2.99. The van der Waals surface area contributed by atoms with E-state index >= 15 is 0 Å². The zero-order valence-corrected chi connectivity index (χ0v) is 7.88.